The fourth-order valence-electron chi connectivity index (χ4n) is 3.48. The van der Waals surface area contributed by atoms with Crippen LogP contribution >= 0.6 is 0 Å². The minimum absolute atomic E-state index is 0.0135. The largest absolute Gasteiger partial charge is 0.342 e. The molecule has 0 bridgehead atoms. The molecule has 2 aromatic carbocycles. The summed E-state index contributed by atoms with van der Waals surface area (Å²) < 4.78 is 1.49. The van der Waals surface area contributed by atoms with Gasteiger partial charge in [0.1, 0.15) is 5.52 Å². The van der Waals surface area contributed by atoms with Crippen LogP contribution in [-0.2, 0) is 11.2 Å². The highest BCUT2D eigenvalue weighted by molar-refractivity contribution is 5.79. The van der Waals surface area contributed by atoms with E-state index < -0.39 is 0 Å². The predicted octanol–water partition coefficient (Wildman–Crippen LogP) is 2.20. The van der Waals surface area contributed by atoms with Gasteiger partial charge in [-0.25, -0.2) is 4.68 Å². The first-order valence-corrected chi connectivity index (χ1v) is 8.88. The summed E-state index contributed by atoms with van der Waals surface area (Å²) in [6.45, 7) is 1.27. The molecule has 132 valence electrons. The average Bonchev–Trinajstić information content (AvgIpc) is 2.69. The molecule has 0 atom stereocenters. The zero-order valence-corrected chi connectivity index (χ0v) is 14.4. The van der Waals surface area contributed by atoms with Gasteiger partial charge in [0, 0.05) is 13.1 Å². The maximum absolute atomic E-state index is 12.7. The van der Waals surface area contributed by atoms with Gasteiger partial charge in [-0.15, -0.1) is 5.10 Å². The van der Waals surface area contributed by atoms with Crippen molar-refractivity contribution in [2.45, 2.75) is 25.3 Å². The number of likely N-dealkylation sites (tertiary alicyclic amines) is 1. The third-order valence-corrected chi connectivity index (χ3v) is 4.95. The number of carbonyl (C=O) groups is 1. The standard InChI is InChI=1S/C20H20N4O2/c25-19(14-15-6-2-1-3-7-15)23-12-10-16(11-13-23)24-20(26)17-8-4-5-9-18(17)21-22-24/h1-9,16H,10-14H2. The number of hydrogen-bond donors (Lipinski definition) is 0. The zero-order chi connectivity index (χ0) is 17.9. The van der Waals surface area contributed by atoms with E-state index in [2.05, 4.69) is 10.3 Å². The van der Waals surface area contributed by atoms with Crippen molar-refractivity contribution < 1.29 is 4.79 Å². The van der Waals surface area contributed by atoms with E-state index in [-0.39, 0.29) is 17.5 Å². The van der Waals surface area contributed by atoms with E-state index in [1.54, 1.807) is 12.1 Å². The number of fused-ring (bicyclic) bond motifs is 1. The van der Waals surface area contributed by atoms with Crippen molar-refractivity contribution in [2.75, 3.05) is 13.1 Å². The Morgan fingerprint density at radius 2 is 1.69 bits per heavy atom. The van der Waals surface area contributed by atoms with Gasteiger partial charge in [0.15, 0.2) is 0 Å². The van der Waals surface area contributed by atoms with Crippen LogP contribution in [0.4, 0.5) is 0 Å². The molecule has 1 saturated heterocycles. The Kier molecular flexibility index (Phi) is 4.48. The minimum atomic E-state index is -0.107. The van der Waals surface area contributed by atoms with Gasteiger partial charge in [-0.1, -0.05) is 47.7 Å². The molecule has 6 nitrogen and oxygen atoms in total. The van der Waals surface area contributed by atoms with Gasteiger partial charge >= 0.3 is 0 Å². The molecule has 3 aromatic rings. The summed E-state index contributed by atoms with van der Waals surface area (Å²) in [6, 6.07) is 17.0. The molecule has 0 radical (unpaired) electrons. The van der Waals surface area contributed by atoms with Crippen molar-refractivity contribution in [3.8, 4) is 0 Å². The van der Waals surface area contributed by atoms with Gasteiger partial charge in [0.25, 0.3) is 5.56 Å². The topological polar surface area (TPSA) is 68.1 Å². The molecule has 4 rings (SSSR count). The first kappa shape index (κ1) is 16.4. The Morgan fingerprint density at radius 1 is 1.00 bits per heavy atom. The van der Waals surface area contributed by atoms with E-state index >= 15 is 0 Å². The Morgan fingerprint density at radius 3 is 2.46 bits per heavy atom. The SMILES string of the molecule is O=C(Cc1ccccc1)N1CCC(n2nnc3ccccc3c2=O)CC1. The molecule has 1 aliphatic rings. The summed E-state index contributed by atoms with van der Waals surface area (Å²) in [5, 5.41) is 8.87. The molecule has 1 aliphatic heterocycles. The van der Waals surface area contributed by atoms with Gasteiger partial charge in [-0.05, 0) is 30.5 Å². The fraction of sp³-hybridized carbons (Fsp3) is 0.300. The lowest BCUT2D eigenvalue weighted by atomic mass is 10.0. The van der Waals surface area contributed by atoms with E-state index in [4.69, 9.17) is 0 Å². The summed E-state index contributed by atoms with van der Waals surface area (Å²) in [6.07, 6.45) is 1.85. The molecule has 0 spiro atoms. The first-order valence-electron chi connectivity index (χ1n) is 8.88. The Hall–Kier alpha value is -3.02. The number of benzene rings is 2. The molecule has 0 aliphatic carbocycles. The van der Waals surface area contributed by atoms with Crippen LogP contribution in [0.1, 0.15) is 24.4 Å². The highest BCUT2D eigenvalue weighted by atomic mass is 16.2. The van der Waals surface area contributed by atoms with Crippen LogP contribution in [0.15, 0.2) is 59.4 Å². The van der Waals surface area contributed by atoms with Crippen LogP contribution in [0.3, 0.4) is 0 Å². The Bertz CT molecular complexity index is 976. The molecule has 1 aromatic heterocycles. The molecule has 0 saturated carbocycles. The van der Waals surface area contributed by atoms with Crippen LogP contribution in [-0.4, -0.2) is 38.9 Å². The second-order valence-electron chi connectivity index (χ2n) is 6.63. The number of piperidine rings is 1. The number of aromatic nitrogens is 3. The van der Waals surface area contributed by atoms with Crippen LogP contribution in [0.25, 0.3) is 10.9 Å². The Labute approximate surface area is 151 Å². The van der Waals surface area contributed by atoms with Crippen molar-refractivity contribution in [1.82, 2.24) is 19.9 Å². The fourth-order valence-corrected chi connectivity index (χ4v) is 3.48. The van der Waals surface area contributed by atoms with Crippen molar-refractivity contribution in [1.29, 1.82) is 0 Å². The number of hydrogen-bond acceptors (Lipinski definition) is 4. The van der Waals surface area contributed by atoms with E-state index in [9.17, 15) is 9.59 Å². The lowest BCUT2D eigenvalue weighted by Crippen LogP contribution is -2.42. The number of rotatable bonds is 3. The third kappa shape index (κ3) is 3.22. The molecule has 26 heavy (non-hydrogen) atoms. The maximum Gasteiger partial charge on any atom is 0.277 e. The highest BCUT2D eigenvalue weighted by Gasteiger charge is 2.25. The summed E-state index contributed by atoms with van der Waals surface area (Å²) >= 11 is 0. The molecule has 1 fully saturated rings. The summed E-state index contributed by atoms with van der Waals surface area (Å²) in [5.41, 5.74) is 1.53. The van der Waals surface area contributed by atoms with Gasteiger partial charge in [0.05, 0.1) is 17.8 Å². The monoisotopic (exact) mass is 348 g/mol. The van der Waals surface area contributed by atoms with Crippen molar-refractivity contribution in [3.63, 3.8) is 0 Å². The van der Waals surface area contributed by atoms with Gasteiger partial charge < -0.3 is 4.90 Å². The van der Waals surface area contributed by atoms with Crippen molar-refractivity contribution >= 4 is 16.8 Å². The summed E-state index contributed by atoms with van der Waals surface area (Å²) in [7, 11) is 0. The maximum atomic E-state index is 12.7. The second kappa shape index (κ2) is 7.07. The first-order chi connectivity index (χ1) is 12.7. The normalized spacial score (nSPS) is 15.3. The van der Waals surface area contributed by atoms with Gasteiger partial charge in [0.2, 0.25) is 5.91 Å². The smallest absolute Gasteiger partial charge is 0.277 e. The molecular weight excluding hydrogens is 328 g/mol. The number of nitrogens with zero attached hydrogens (tertiary/aromatic N) is 4. The van der Waals surface area contributed by atoms with Crippen LogP contribution in [0, 0.1) is 0 Å². The van der Waals surface area contributed by atoms with Gasteiger partial charge in [-0.2, -0.15) is 0 Å². The van der Waals surface area contributed by atoms with Crippen LogP contribution < -0.4 is 5.56 Å². The molecule has 1 amide bonds. The molecule has 2 heterocycles. The lowest BCUT2D eigenvalue weighted by molar-refractivity contribution is -0.131. The third-order valence-electron chi connectivity index (χ3n) is 4.95. The minimum Gasteiger partial charge on any atom is -0.342 e. The van der Waals surface area contributed by atoms with E-state index in [0.29, 0.717) is 43.3 Å². The molecule has 0 N–H and O–H groups in total. The quantitative estimate of drug-likeness (QED) is 0.728. The highest BCUT2D eigenvalue weighted by Crippen LogP contribution is 2.21. The molecule has 6 heteroatoms. The van der Waals surface area contributed by atoms with Crippen LogP contribution in [0.2, 0.25) is 0 Å². The van der Waals surface area contributed by atoms with E-state index in [0.717, 1.165) is 5.56 Å². The average molecular weight is 348 g/mol. The van der Waals surface area contributed by atoms with Crippen molar-refractivity contribution in [3.05, 3.63) is 70.5 Å². The molecular formula is C20H20N4O2. The number of amides is 1. The molecule has 0 unspecified atom stereocenters. The van der Waals surface area contributed by atoms with Crippen molar-refractivity contribution in [2.24, 2.45) is 0 Å². The van der Waals surface area contributed by atoms with E-state index in [1.807, 2.05) is 47.4 Å². The lowest BCUT2D eigenvalue weighted by Gasteiger charge is -2.32. The second-order valence-corrected chi connectivity index (χ2v) is 6.63. The summed E-state index contributed by atoms with van der Waals surface area (Å²) in [4.78, 5) is 27.0. The zero-order valence-electron chi connectivity index (χ0n) is 14.4. The summed E-state index contributed by atoms with van der Waals surface area (Å²) in [5.74, 6) is 0.131. The van der Waals surface area contributed by atoms with Gasteiger partial charge in [-0.3, -0.25) is 9.59 Å². The number of carbonyl (C=O) groups excluding carboxylic acids is 1. The predicted molar refractivity (Wildman–Crippen MR) is 98.8 cm³/mol. The Balaban J connectivity index is 1.44. The van der Waals surface area contributed by atoms with Crippen LogP contribution in [0.5, 0.6) is 0 Å². The van der Waals surface area contributed by atoms with E-state index in [1.165, 1.54) is 4.68 Å².